The van der Waals surface area contributed by atoms with E-state index < -0.39 is 10.0 Å². The molecule has 0 aliphatic heterocycles. The lowest BCUT2D eigenvalue weighted by molar-refractivity contribution is 0.603. The topological polar surface area (TPSA) is 58.2 Å². The largest absolute Gasteiger partial charge is 0.312 e. The first-order valence-electron chi connectivity index (χ1n) is 6.19. The van der Waals surface area contributed by atoms with E-state index in [1.165, 1.54) is 11.3 Å². The number of hydrogen-bond acceptors (Lipinski definition) is 4. The lowest BCUT2D eigenvalue weighted by Gasteiger charge is -2.08. The maximum absolute atomic E-state index is 12.4. The Labute approximate surface area is 147 Å². The minimum absolute atomic E-state index is 0.307. The van der Waals surface area contributed by atoms with Crippen molar-refractivity contribution in [3.63, 3.8) is 0 Å². The molecular weight excluding hydrogens is 443 g/mol. The van der Waals surface area contributed by atoms with Gasteiger partial charge in [-0.25, -0.2) is 8.42 Å². The van der Waals surface area contributed by atoms with Crippen molar-refractivity contribution in [1.82, 2.24) is 5.32 Å². The van der Waals surface area contributed by atoms with Crippen LogP contribution in [0.5, 0.6) is 0 Å². The summed E-state index contributed by atoms with van der Waals surface area (Å²) in [5, 5.41) is 3.75. The average molecular weight is 457 g/mol. The molecule has 0 atom stereocenters. The smallest absolute Gasteiger partial charge is 0.271 e. The Morgan fingerprint density at radius 2 is 2.05 bits per heavy atom. The maximum atomic E-state index is 12.4. The number of anilines is 1. The van der Waals surface area contributed by atoms with Gasteiger partial charge in [-0.15, -0.1) is 11.3 Å². The zero-order chi connectivity index (χ0) is 15.5. The Morgan fingerprint density at radius 1 is 1.29 bits per heavy atom. The Bertz CT molecular complexity index is 732. The molecule has 0 aliphatic rings. The van der Waals surface area contributed by atoms with Crippen molar-refractivity contribution in [3.8, 4) is 0 Å². The summed E-state index contributed by atoms with van der Waals surface area (Å²) in [6.45, 7) is 3.53. The highest BCUT2D eigenvalue weighted by molar-refractivity contribution is 14.1. The van der Waals surface area contributed by atoms with Crippen LogP contribution in [0.25, 0.3) is 0 Å². The Kier molecular flexibility index (Phi) is 5.89. The molecule has 0 radical (unpaired) electrons. The highest BCUT2D eigenvalue weighted by atomic mass is 127. The predicted octanol–water partition coefficient (Wildman–Crippen LogP) is 3.92. The van der Waals surface area contributed by atoms with E-state index in [2.05, 4.69) is 32.6 Å². The molecule has 114 valence electrons. The van der Waals surface area contributed by atoms with Gasteiger partial charge in [0.1, 0.15) is 4.21 Å². The Morgan fingerprint density at radius 3 is 2.71 bits per heavy atom. The van der Waals surface area contributed by atoms with Crippen LogP contribution < -0.4 is 10.0 Å². The van der Waals surface area contributed by atoms with Crippen molar-refractivity contribution < 1.29 is 8.42 Å². The Balaban J connectivity index is 2.19. The van der Waals surface area contributed by atoms with Crippen LogP contribution in [-0.2, 0) is 16.6 Å². The SMILES string of the molecule is CCNCc1ccc(S(=O)(=O)Nc2ccc(Cl)cc2I)s1. The molecule has 0 spiro atoms. The molecule has 2 rings (SSSR count). The fourth-order valence-electron chi connectivity index (χ4n) is 1.61. The molecule has 2 N–H and O–H groups in total. The molecule has 4 nitrogen and oxygen atoms in total. The lowest BCUT2D eigenvalue weighted by Crippen LogP contribution is -2.12. The van der Waals surface area contributed by atoms with Gasteiger partial charge in [0.2, 0.25) is 0 Å². The van der Waals surface area contributed by atoms with E-state index in [0.29, 0.717) is 21.5 Å². The number of hydrogen-bond donors (Lipinski definition) is 2. The Hall–Kier alpha value is -0.350. The number of rotatable bonds is 6. The zero-order valence-electron chi connectivity index (χ0n) is 11.2. The van der Waals surface area contributed by atoms with Crippen LogP contribution in [0.3, 0.4) is 0 Å². The number of halogens is 2. The molecule has 0 aliphatic carbocycles. The second-order valence-electron chi connectivity index (χ2n) is 4.23. The van der Waals surface area contributed by atoms with Crippen LogP contribution in [0.2, 0.25) is 5.02 Å². The molecule has 0 bridgehead atoms. The van der Waals surface area contributed by atoms with Crippen molar-refractivity contribution in [1.29, 1.82) is 0 Å². The van der Waals surface area contributed by atoms with Gasteiger partial charge in [-0.3, -0.25) is 4.72 Å². The molecule has 1 aromatic carbocycles. The quantitative estimate of drug-likeness (QED) is 0.648. The van der Waals surface area contributed by atoms with E-state index in [4.69, 9.17) is 11.6 Å². The van der Waals surface area contributed by atoms with Crippen LogP contribution >= 0.6 is 45.5 Å². The van der Waals surface area contributed by atoms with Gasteiger partial charge in [0.25, 0.3) is 10.0 Å². The van der Waals surface area contributed by atoms with E-state index in [1.807, 2.05) is 13.0 Å². The molecule has 0 fully saturated rings. The van der Waals surface area contributed by atoms with Crippen LogP contribution in [0.15, 0.2) is 34.5 Å². The van der Waals surface area contributed by atoms with Gasteiger partial charge in [0, 0.05) is 20.0 Å². The summed E-state index contributed by atoms with van der Waals surface area (Å²) >= 11 is 9.19. The van der Waals surface area contributed by atoms with Gasteiger partial charge in [0.15, 0.2) is 0 Å². The van der Waals surface area contributed by atoms with Gasteiger partial charge in [-0.2, -0.15) is 0 Å². The third-order valence-corrected chi connectivity index (χ3v) is 6.70. The number of thiophene rings is 1. The minimum atomic E-state index is -3.56. The van der Waals surface area contributed by atoms with Crippen molar-refractivity contribution in [2.75, 3.05) is 11.3 Å². The summed E-state index contributed by atoms with van der Waals surface area (Å²) in [5.74, 6) is 0. The van der Waals surface area contributed by atoms with Crippen LogP contribution in [0, 0.1) is 3.57 Å². The van der Waals surface area contributed by atoms with Gasteiger partial charge in [0.05, 0.1) is 5.69 Å². The number of nitrogens with one attached hydrogen (secondary N) is 2. The summed E-state index contributed by atoms with van der Waals surface area (Å²) in [5.41, 5.74) is 0.529. The number of sulfonamides is 1. The van der Waals surface area contributed by atoms with E-state index in [0.717, 1.165) is 15.0 Å². The molecule has 0 amide bonds. The molecule has 1 aromatic heterocycles. The summed E-state index contributed by atoms with van der Waals surface area (Å²) < 4.78 is 28.4. The fourth-order valence-corrected chi connectivity index (χ4v) is 5.21. The zero-order valence-corrected chi connectivity index (χ0v) is 15.7. The van der Waals surface area contributed by atoms with Crippen molar-refractivity contribution in [3.05, 3.63) is 43.8 Å². The van der Waals surface area contributed by atoms with Gasteiger partial charge < -0.3 is 5.32 Å². The predicted molar refractivity (Wildman–Crippen MR) is 96.7 cm³/mol. The lowest BCUT2D eigenvalue weighted by atomic mass is 10.3. The third-order valence-electron chi connectivity index (χ3n) is 2.63. The first-order valence-corrected chi connectivity index (χ1v) is 9.95. The van der Waals surface area contributed by atoms with Gasteiger partial charge in [-0.1, -0.05) is 18.5 Å². The maximum Gasteiger partial charge on any atom is 0.271 e. The molecule has 2 aromatic rings. The van der Waals surface area contributed by atoms with Crippen molar-refractivity contribution in [2.24, 2.45) is 0 Å². The summed E-state index contributed by atoms with van der Waals surface area (Å²) in [6, 6.07) is 8.49. The first kappa shape index (κ1) is 17.0. The summed E-state index contributed by atoms with van der Waals surface area (Å²) in [4.78, 5) is 0.989. The summed E-state index contributed by atoms with van der Waals surface area (Å²) in [6.07, 6.45) is 0. The molecule has 21 heavy (non-hydrogen) atoms. The van der Waals surface area contributed by atoms with Gasteiger partial charge >= 0.3 is 0 Å². The molecule has 0 unspecified atom stereocenters. The van der Waals surface area contributed by atoms with Crippen molar-refractivity contribution >= 4 is 61.2 Å². The highest BCUT2D eigenvalue weighted by Gasteiger charge is 2.18. The van der Waals surface area contributed by atoms with E-state index >= 15 is 0 Å². The van der Waals surface area contributed by atoms with E-state index in [9.17, 15) is 8.42 Å². The molecule has 0 saturated heterocycles. The molecule has 1 heterocycles. The van der Waals surface area contributed by atoms with Crippen molar-refractivity contribution in [2.45, 2.75) is 17.7 Å². The van der Waals surface area contributed by atoms with Crippen LogP contribution in [0.4, 0.5) is 5.69 Å². The van der Waals surface area contributed by atoms with E-state index in [-0.39, 0.29) is 0 Å². The molecular formula is C13H14ClIN2O2S2. The number of benzene rings is 1. The van der Waals surface area contributed by atoms with Crippen LogP contribution in [-0.4, -0.2) is 15.0 Å². The summed E-state index contributed by atoms with van der Waals surface area (Å²) in [7, 11) is -3.56. The second-order valence-corrected chi connectivity index (χ2v) is 8.91. The van der Waals surface area contributed by atoms with Gasteiger partial charge in [-0.05, 0) is 59.5 Å². The van der Waals surface area contributed by atoms with Crippen LogP contribution in [0.1, 0.15) is 11.8 Å². The normalized spacial score (nSPS) is 11.6. The second kappa shape index (κ2) is 7.28. The molecule has 0 saturated carbocycles. The molecule has 8 heteroatoms. The fraction of sp³-hybridized carbons (Fsp3) is 0.231. The standard InChI is InChI=1S/C13H14ClIN2O2S2/c1-2-16-8-10-4-6-13(20-10)21(18,19)17-12-5-3-9(14)7-11(12)15/h3-7,16-17H,2,8H2,1H3. The average Bonchev–Trinajstić information content (AvgIpc) is 2.89. The minimum Gasteiger partial charge on any atom is -0.312 e. The first-order chi connectivity index (χ1) is 9.92. The van der Waals surface area contributed by atoms with E-state index in [1.54, 1.807) is 24.3 Å². The monoisotopic (exact) mass is 456 g/mol. The third kappa shape index (κ3) is 4.56. The highest BCUT2D eigenvalue weighted by Crippen LogP contribution is 2.27.